The van der Waals surface area contributed by atoms with E-state index in [-0.39, 0.29) is 24.8 Å². The highest BCUT2D eigenvalue weighted by molar-refractivity contribution is 5.70. The summed E-state index contributed by atoms with van der Waals surface area (Å²) >= 11 is 0. The van der Waals surface area contributed by atoms with Gasteiger partial charge in [0, 0.05) is 38.0 Å². The molecule has 2 amide bonds. The van der Waals surface area contributed by atoms with E-state index in [9.17, 15) is 9.59 Å². The van der Waals surface area contributed by atoms with Crippen molar-refractivity contribution in [2.75, 3.05) is 20.1 Å². The van der Waals surface area contributed by atoms with Gasteiger partial charge in [0.1, 0.15) is 12.2 Å². The number of ether oxygens (including phenoxy) is 2. The molecular formula is C19H26N2O4. The monoisotopic (exact) mass is 346 g/mol. The largest absolute Gasteiger partial charge is 0.445 e. The zero-order valence-electron chi connectivity index (χ0n) is 15.3. The lowest BCUT2D eigenvalue weighted by molar-refractivity contribution is 0.0255. The zero-order valence-corrected chi connectivity index (χ0v) is 15.3. The lowest BCUT2D eigenvalue weighted by Crippen LogP contribution is -2.40. The molecule has 0 unspecified atom stereocenters. The van der Waals surface area contributed by atoms with Crippen molar-refractivity contribution in [1.29, 1.82) is 0 Å². The highest BCUT2D eigenvalue weighted by atomic mass is 16.6. The number of amides is 2. The molecule has 0 bridgehead atoms. The lowest BCUT2D eigenvalue weighted by Gasteiger charge is -2.27. The summed E-state index contributed by atoms with van der Waals surface area (Å²) in [6, 6.07) is 9.80. The van der Waals surface area contributed by atoms with Crippen LogP contribution in [0.15, 0.2) is 30.3 Å². The number of nitrogens with zero attached hydrogens (tertiary/aromatic N) is 2. The molecule has 0 radical (unpaired) electrons. The molecule has 3 atom stereocenters. The van der Waals surface area contributed by atoms with Gasteiger partial charge < -0.3 is 19.3 Å². The predicted molar refractivity (Wildman–Crippen MR) is 93.0 cm³/mol. The summed E-state index contributed by atoms with van der Waals surface area (Å²) in [4.78, 5) is 27.7. The van der Waals surface area contributed by atoms with Crippen LogP contribution < -0.4 is 0 Å². The Balaban J connectivity index is 1.44. The first kappa shape index (κ1) is 17.6. The van der Waals surface area contributed by atoms with Crippen molar-refractivity contribution in [1.82, 2.24) is 9.80 Å². The minimum absolute atomic E-state index is 0.160. The molecule has 1 aromatic carbocycles. The third-order valence-corrected chi connectivity index (χ3v) is 4.74. The Kier molecular flexibility index (Phi) is 4.62. The van der Waals surface area contributed by atoms with Crippen LogP contribution in [0.4, 0.5) is 9.59 Å². The van der Waals surface area contributed by atoms with E-state index < -0.39 is 5.60 Å². The van der Waals surface area contributed by atoms with Crippen LogP contribution >= 0.6 is 0 Å². The summed E-state index contributed by atoms with van der Waals surface area (Å²) in [6.07, 6.45) is -0.583. The van der Waals surface area contributed by atoms with E-state index in [1.807, 2.05) is 51.1 Å². The molecule has 6 heteroatoms. The van der Waals surface area contributed by atoms with Gasteiger partial charge in [0.25, 0.3) is 0 Å². The fourth-order valence-corrected chi connectivity index (χ4v) is 3.48. The summed E-state index contributed by atoms with van der Waals surface area (Å²) in [6.45, 7) is 7.13. The van der Waals surface area contributed by atoms with Crippen molar-refractivity contribution < 1.29 is 19.1 Å². The van der Waals surface area contributed by atoms with E-state index >= 15 is 0 Å². The second-order valence-electron chi connectivity index (χ2n) is 7.85. The fourth-order valence-electron chi connectivity index (χ4n) is 3.48. The lowest BCUT2D eigenvalue weighted by atomic mass is 10.2. The quantitative estimate of drug-likeness (QED) is 0.844. The van der Waals surface area contributed by atoms with Crippen LogP contribution in [0.1, 0.15) is 26.3 Å². The van der Waals surface area contributed by atoms with Gasteiger partial charge in [0.2, 0.25) is 0 Å². The van der Waals surface area contributed by atoms with Gasteiger partial charge in [0.15, 0.2) is 0 Å². The number of rotatable bonds is 3. The van der Waals surface area contributed by atoms with Crippen LogP contribution in [0.3, 0.4) is 0 Å². The summed E-state index contributed by atoms with van der Waals surface area (Å²) in [7, 11) is 1.77. The van der Waals surface area contributed by atoms with Gasteiger partial charge in [-0.05, 0) is 26.3 Å². The fraction of sp³-hybridized carbons (Fsp3) is 0.579. The van der Waals surface area contributed by atoms with E-state index in [2.05, 4.69) is 0 Å². The van der Waals surface area contributed by atoms with E-state index in [4.69, 9.17) is 9.47 Å². The van der Waals surface area contributed by atoms with Crippen LogP contribution in [0, 0.1) is 11.8 Å². The van der Waals surface area contributed by atoms with E-state index in [0.29, 0.717) is 24.9 Å². The van der Waals surface area contributed by atoms with Crippen molar-refractivity contribution in [3.63, 3.8) is 0 Å². The standard InChI is InChI=1S/C19H26N2O4/c1-19(2,3)25-17(22)20(4)16-14-10-21(11-15(14)16)18(23)24-12-13-8-6-5-7-9-13/h5-9,14-16H,10-12H2,1-4H3/t14-,15+,16+. The van der Waals surface area contributed by atoms with Gasteiger partial charge in [-0.25, -0.2) is 9.59 Å². The van der Waals surface area contributed by atoms with Crippen LogP contribution in [-0.4, -0.2) is 53.8 Å². The molecule has 0 spiro atoms. The van der Waals surface area contributed by atoms with Crippen molar-refractivity contribution in [2.24, 2.45) is 11.8 Å². The number of likely N-dealkylation sites (tertiary alicyclic amines) is 1. The molecule has 1 aliphatic heterocycles. The average Bonchev–Trinajstić information content (AvgIpc) is 3.04. The molecule has 2 aliphatic rings. The normalized spacial score (nSPS) is 24.5. The molecule has 1 aliphatic carbocycles. The van der Waals surface area contributed by atoms with Gasteiger partial charge >= 0.3 is 12.2 Å². The smallest absolute Gasteiger partial charge is 0.410 e. The first-order chi connectivity index (χ1) is 11.8. The first-order valence-corrected chi connectivity index (χ1v) is 8.68. The average molecular weight is 346 g/mol. The van der Waals surface area contributed by atoms with Crippen LogP contribution in [0.5, 0.6) is 0 Å². The number of fused-ring (bicyclic) bond motifs is 1. The van der Waals surface area contributed by atoms with E-state index in [0.717, 1.165) is 5.56 Å². The maximum atomic E-state index is 12.2. The molecule has 1 aromatic rings. The second-order valence-corrected chi connectivity index (χ2v) is 7.85. The summed E-state index contributed by atoms with van der Waals surface area (Å²) < 4.78 is 10.8. The molecule has 1 saturated carbocycles. The molecule has 0 N–H and O–H groups in total. The van der Waals surface area contributed by atoms with Gasteiger partial charge in [-0.15, -0.1) is 0 Å². The van der Waals surface area contributed by atoms with Crippen LogP contribution in [-0.2, 0) is 16.1 Å². The first-order valence-electron chi connectivity index (χ1n) is 8.68. The highest BCUT2D eigenvalue weighted by Crippen LogP contribution is 2.48. The zero-order chi connectivity index (χ0) is 18.2. The highest BCUT2D eigenvalue weighted by Gasteiger charge is 2.60. The Morgan fingerprint density at radius 1 is 1.16 bits per heavy atom. The molecular weight excluding hydrogens is 320 g/mol. The molecule has 6 nitrogen and oxygen atoms in total. The van der Waals surface area contributed by atoms with Crippen LogP contribution in [0.25, 0.3) is 0 Å². The molecule has 25 heavy (non-hydrogen) atoms. The summed E-state index contributed by atoms with van der Waals surface area (Å²) in [5.41, 5.74) is 0.477. The predicted octanol–water partition coefficient (Wildman–Crippen LogP) is 3.12. The number of benzene rings is 1. The van der Waals surface area contributed by atoms with Crippen molar-refractivity contribution in [2.45, 2.75) is 39.0 Å². The van der Waals surface area contributed by atoms with E-state index in [1.54, 1.807) is 16.8 Å². The number of piperidine rings is 1. The summed E-state index contributed by atoms with van der Waals surface area (Å²) in [5.74, 6) is 0.642. The Morgan fingerprint density at radius 3 is 2.32 bits per heavy atom. The number of carbonyl (C=O) groups excluding carboxylic acids is 2. The van der Waals surface area contributed by atoms with Gasteiger partial charge in [-0.1, -0.05) is 30.3 Å². The molecule has 1 heterocycles. The number of carbonyl (C=O) groups is 2. The Hall–Kier alpha value is -2.24. The topological polar surface area (TPSA) is 59.1 Å². The number of hydrogen-bond acceptors (Lipinski definition) is 4. The third kappa shape index (κ3) is 4.06. The van der Waals surface area contributed by atoms with Gasteiger partial charge in [-0.2, -0.15) is 0 Å². The maximum Gasteiger partial charge on any atom is 0.410 e. The van der Waals surface area contributed by atoms with Crippen molar-refractivity contribution >= 4 is 12.2 Å². The van der Waals surface area contributed by atoms with Crippen molar-refractivity contribution in [3.05, 3.63) is 35.9 Å². The summed E-state index contributed by atoms with van der Waals surface area (Å²) in [5, 5.41) is 0. The Bertz CT molecular complexity index is 629. The molecule has 2 fully saturated rings. The van der Waals surface area contributed by atoms with Gasteiger partial charge in [-0.3, -0.25) is 0 Å². The minimum Gasteiger partial charge on any atom is -0.445 e. The Labute approximate surface area is 148 Å². The number of hydrogen-bond donors (Lipinski definition) is 0. The minimum atomic E-state index is -0.497. The van der Waals surface area contributed by atoms with Crippen molar-refractivity contribution in [3.8, 4) is 0 Å². The molecule has 3 rings (SSSR count). The van der Waals surface area contributed by atoms with Crippen LogP contribution in [0.2, 0.25) is 0 Å². The Morgan fingerprint density at radius 2 is 1.76 bits per heavy atom. The third-order valence-electron chi connectivity index (χ3n) is 4.74. The van der Waals surface area contributed by atoms with Gasteiger partial charge in [0.05, 0.1) is 0 Å². The maximum absolute atomic E-state index is 12.2. The molecule has 1 saturated heterocycles. The molecule has 136 valence electrons. The molecule has 0 aromatic heterocycles. The SMILES string of the molecule is CN(C(=O)OC(C)(C)C)[C@H]1[C@@H]2CN(C(=O)OCc3ccccc3)C[C@@H]21. The van der Waals surface area contributed by atoms with E-state index in [1.165, 1.54) is 0 Å². The second kappa shape index (κ2) is 6.58.